The molecule has 2 amide bonds. The van der Waals surface area contributed by atoms with E-state index in [0.29, 0.717) is 37.2 Å². The first-order chi connectivity index (χ1) is 11.1. The van der Waals surface area contributed by atoms with Gasteiger partial charge in [-0.1, -0.05) is 12.8 Å². The molecule has 1 rings (SSSR count). The average Bonchev–Trinajstić information content (AvgIpc) is 2.76. The molecule has 1 aliphatic rings. The molecule has 24 heavy (non-hydrogen) atoms. The summed E-state index contributed by atoms with van der Waals surface area (Å²) in [6, 6.07) is -0.910. The first kappa shape index (κ1) is 20.1. The smallest absolute Gasteiger partial charge is 0.349 e. The normalized spacial score (nSPS) is 16.2. The fraction of sp³-hybridized carbons (Fsp3) is 0.750. The van der Waals surface area contributed by atoms with E-state index in [9.17, 15) is 19.2 Å². The summed E-state index contributed by atoms with van der Waals surface area (Å²) in [4.78, 5) is 50.7. The summed E-state index contributed by atoms with van der Waals surface area (Å²) >= 11 is 0. The van der Waals surface area contributed by atoms with E-state index < -0.39 is 29.4 Å². The Hall–Kier alpha value is -1.96. The van der Waals surface area contributed by atoms with Crippen LogP contribution in [0.5, 0.6) is 0 Å². The number of carbonyl (C=O) groups is 4. The standard InChI is InChI=1S/C16H26N2O6/c1-16(2,3)23-14(21)8-6-4-5-7-11(17)15(22)24-18-12(19)9-10-13(18)20/h11H,4-10,17H2,1-3H3. The SMILES string of the molecule is CC(C)(C)OC(=O)CCCCCC(N)C(=O)ON1C(=O)CCC1=O. The van der Waals surface area contributed by atoms with Crippen LogP contribution in [0, 0.1) is 0 Å². The third-order valence-corrected chi connectivity index (χ3v) is 3.31. The van der Waals surface area contributed by atoms with Crippen molar-refractivity contribution in [3.63, 3.8) is 0 Å². The van der Waals surface area contributed by atoms with Crippen LogP contribution in [0.4, 0.5) is 0 Å². The Labute approximate surface area is 141 Å². The Morgan fingerprint density at radius 1 is 1.12 bits per heavy atom. The van der Waals surface area contributed by atoms with Gasteiger partial charge >= 0.3 is 11.9 Å². The van der Waals surface area contributed by atoms with Crippen LogP contribution in [-0.4, -0.2) is 40.5 Å². The number of nitrogens with two attached hydrogens (primary N) is 1. The van der Waals surface area contributed by atoms with E-state index in [-0.39, 0.29) is 18.8 Å². The molecule has 0 aromatic rings. The van der Waals surface area contributed by atoms with Crippen LogP contribution in [-0.2, 0) is 28.8 Å². The van der Waals surface area contributed by atoms with Crippen molar-refractivity contribution in [3.05, 3.63) is 0 Å². The topological polar surface area (TPSA) is 116 Å². The lowest BCUT2D eigenvalue weighted by molar-refractivity contribution is -0.198. The number of hydrogen-bond donors (Lipinski definition) is 1. The van der Waals surface area contributed by atoms with E-state index >= 15 is 0 Å². The lowest BCUT2D eigenvalue weighted by atomic mass is 10.1. The predicted molar refractivity (Wildman–Crippen MR) is 84.1 cm³/mol. The number of amides is 2. The molecule has 0 aromatic heterocycles. The van der Waals surface area contributed by atoms with E-state index in [2.05, 4.69) is 0 Å². The number of imide groups is 1. The molecule has 0 radical (unpaired) electrons. The van der Waals surface area contributed by atoms with Crippen molar-refractivity contribution in [1.29, 1.82) is 0 Å². The van der Waals surface area contributed by atoms with Gasteiger partial charge in [-0.05, 0) is 33.6 Å². The zero-order valence-corrected chi connectivity index (χ0v) is 14.5. The second-order valence-electron chi connectivity index (χ2n) is 6.78. The maximum absolute atomic E-state index is 11.8. The van der Waals surface area contributed by atoms with Crippen molar-refractivity contribution in [2.75, 3.05) is 0 Å². The number of esters is 1. The molecule has 8 heteroatoms. The highest BCUT2D eigenvalue weighted by Crippen LogP contribution is 2.14. The van der Waals surface area contributed by atoms with Crippen molar-refractivity contribution < 1.29 is 28.8 Å². The summed E-state index contributed by atoms with van der Waals surface area (Å²) in [6.45, 7) is 5.43. The molecule has 1 atom stereocenters. The number of hydrogen-bond acceptors (Lipinski definition) is 7. The van der Waals surface area contributed by atoms with Crippen LogP contribution in [0.1, 0.15) is 65.7 Å². The predicted octanol–water partition coefficient (Wildman–Crippen LogP) is 1.21. The lowest BCUT2D eigenvalue weighted by Crippen LogP contribution is -2.40. The van der Waals surface area contributed by atoms with Gasteiger partial charge < -0.3 is 15.3 Å². The van der Waals surface area contributed by atoms with Crippen molar-refractivity contribution >= 4 is 23.8 Å². The summed E-state index contributed by atoms with van der Waals surface area (Å²) in [5, 5.41) is 0.491. The highest BCUT2D eigenvalue weighted by molar-refractivity contribution is 6.01. The summed E-state index contributed by atoms with van der Waals surface area (Å²) in [5.74, 6) is -2.11. The second kappa shape index (κ2) is 8.77. The van der Waals surface area contributed by atoms with Crippen LogP contribution in [0.15, 0.2) is 0 Å². The highest BCUT2D eigenvalue weighted by Gasteiger charge is 2.34. The Morgan fingerprint density at radius 2 is 1.71 bits per heavy atom. The third-order valence-electron chi connectivity index (χ3n) is 3.31. The number of ether oxygens (including phenoxy) is 1. The van der Waals surface area contributed by atoms with Crippen LogP contribution in [0.25, 0.3) is 0 Å². The van der Waals surface area contributed by atoms with E-state index in [0.717, 1.165) is 0 Å². The zero-order valence-electron chi connectivity index (χ0n) is 14.5. The number of nitrogens with zero attached hydrogens (tertiary/aromatic N) is 1. The van der Waals surface area contributed by atoms with E-state index in [1.165, 1.54) is 0 Å². The molecule has 8 nitrogen and oxygen atoms in total. The average molecular weight is 342 g/mol. The molecular weight excluding hydrogens is 316 g/mol. The van der Waals surface area contributed by atoms with Crippen molar-refractivity contribution in [2.45, 2.75) is 77.4 Å². The van der Waals surface area contributed by atoms with Gasteiger partial charge in [0, 0.05) is 19.3 Å². The minimum absolute atomic E-state index is 0.0476. The lowest BCUT2D eigenvalue weighted by Gasteiger charge is -2.19. The van der Waals surface area contributed by atoms with Crippen LogP contribution in [0.2, 0.25) is 0 Å². The molecule has 2 N–H and O–H groups in total. The van der Waals surface area contributed by atoms with Gasteiger partial charge in [0.2, 0.25) is 0 Å². The number of unbranched alkanes of at least 4 members (excludes halogenated alkanes) is 2. The Morgan fingerprint density at radius 3 is 2.25 bits per heavy atom. The van der Waals surface area contributed by atoms with Gasteiger partial charge in [0.15, 0.2) is 0 Å². The van der Waals surface area contributed by atoms with Crippen molar-refractivity contribution in [1.82, 2.24) is 5.06 Å². The van der Waals surface area contributed by atoms with Gasteiger partial charge in [0.25, 0.3) is 11.8 Å². The first-order valence-electron chi connectivity index (χ1n) is 8.15. The molecule has 0 aliphatic carbocycles. The summed E-state index contributed by atoms with van der Waals surface area (Å²) in [6.07, 6.45) is 2.73. The molecule has 1 aliphatic heterocycles. The third kappa shape index (κ3) is 7.08. The van der Waals surface area contributed by atoms with Crippen molar-refractivity contribution in [3.8, 4) is 0 Å². The molecular formula is C16H26N2O6. The fourth-order valence-electron chi connectivity index (χ4n) is 2.14. The van der Waals surface area contributed by atoms with Gasteiger partial charge in [0.05, 0.1) is 0 Å². The van der Waals surface area contributed by atoms with Crippen molar-refractivity contribution in [2.24, 2.45) is 5.73 Å². The second-order valence-corrected chi connectivity index (χ2v) is 6.78. The van der Waals surface area contributed by atoms with Crippen LogP contribution >= 0.6 is 0 Å². The molecule has 0 bridgehead atoms. The monoisotopic (exact) mass is 342 g/mol. The summed E-state index contributed by atoms with van der Waals surface area (Å²) in [7, 11) is 0. The highest BCUT2D eigenvalue weighted by atomic mass is 16.7. The summed E-state index contributed by atoms with van der Waals surface area (Å²) < 4.78 is 5.19. The van der Waals surface area contributed by atoms with E-state index in [1.807, 2.05) is 20.8 Å². The fourth-order valence-corrected chi connectivity index (χ4v) is 2.14. The zero-order chi connectivity index (χ0) is 18.3. The summed E-state index contributed by atoms with van der Waals surface area (Å²) in [5.41, 5.74) is 5.20. The Balaban J connectivity index is 2.18. The maximum atomic E-state index is 11.8. The molecule has 1 fully saturated rings. The molecule has 0 spiro atoms. The number of hydroxylamine groups is 2. The van der Waals surface area contributed by atoms with E-state index in [4.69, 9.17) is 15.3 Å². The minimum atomic E-state index is -0.910. The van der Waals surface area contributed by atoms with Gasteiger partial charge in [-0.15, -0.1) is 5.06 Å². The maximum Gasteiger partial charge on any atom is 0.349 e. The number of rotatable bonds is 8. The molecule has 1 saturated heterocycles. The minimum Gasteiger partial charge on any atom is -0.460 e. The van der Waals surface area contributed by atoms with Crippen LogP contribution < -0.4 is 5.73 Å². The Bertz CT molecular complexity index is 481. The largest absolute Gasteiger partial charge is 0.460 e. The quantitative estimate of drug-likeness (QED) is 0.400. The molecule has 136 valence electrons. The van der Waals surface area contributed by atoms with Gasteiger partial charge in [-0.2, -0.15) is 0 Å². The molecule has 1 heterocycles. The van der Waals surface area contributed by atoms with E-state index in [1.54, 1.807) is 0 Å². The molecule has 1 unspecified atom stereocenters. The first-order valence-corrected chi connectivity index (χ1v) is 8.15. The van der Waals surface area contributed by atoms with Gasteiger partial charge in [-0.3, -0.25) is 14.4 Å². The van der Waals surface area contributed by atoms with Gasteiger partial charge in [-0.25, -0.2) is 4.79 Å². The molecule has 0 saturated carbocycles. The van der Waals surface area contributed by atoms with Gasteiger partial charge in [0.1, 0.15) is 11.6 Å². The molecule has 0 aromatic carbocycles. The Kier molecular flexibility index (Phi) is 7.34. The van der Waals surface area contributed by atoms with Crippen LogP contribution in [0.3, 0.4) is 0 Å². The number of carbonyl (C=O) groups excluding carboxylic acids is 4.